The summed E-state index contributed by atoms with van der Waals surface area (Å²) < 4.78 is 11.4. The van der Waals surface area contributed by atoms with Crippen LogP contribution in [0.15, 0.2) is 18.0 Å². The number of carbonyl (C=O) groups is 1. The van der Waals surface area contributed by atoms with Crippen molar-refractivity contribution in [2.75, 3.05) is 13.7 Å². The van der Waals surface area contributed by atoms with Crippen LogP contribution in [0.2, 0.25) is 0 Å². The number of nitrogens with zero attached hydrogens (tertiary/aromatic N) is 2. The summed E-state index contributed by atoms with van der Waals surface area (Å²) in [6, 6.07) is 3.66. The van der Waals surface area contributed by atoms with Crippen LogP contribution in [0.5, 0.6) is 5.75 Å². The van der Waals surface area contributed by atoms with E-state index in [1.807, 2.05) is 13.0 Å². The van der Waals surface area contributed by atoms with E-state index in [0.29, 0.717) is 18.2 Å². The second-order valence-corrected chi connectivity index (χ2v) is 8.05. The Kier molecular flexibility index (Phi) is 7.19. The minimum atomic E-state index is -0.568. The van der Waals surface area contributed by atoms with Crippen molar-refractivity contribution in [1.82, 2.24) is 15.3 Å². The van der Waals surface area contributed by atoms with Crippen molar-refractivity contribution in [2.45, 2.75) is 64.4 Å². The number of carbonyl (C=O) groups excluding carboxylic acids is 1. The summed E-state index contributed by atoms with van der Waals surface area (Å²) in [5.41, 5.74) is 7.81. The molecule has 0 unspecified atom stereocenters. The van der Waals surface area contributed by atoms with Crippen LogP contribution >= 0.6 is 0 Å². The van der Waals surface area contributed by atoms with Gasteiger partial charge in [-0.2, -0.15) is 0 Å². The van der Waals surface area contributed by atoms with Gasteiger partial charge >= 0.3 is 6.09 Å². The maximum atomic E-state index is 12.1. The SMILES string of the molecule is Cc1nc(/C(N)=C(\NC(=O)OCC2CCC2)N(C)N)ccc1OC1CCCCC1. The van der Waals surface area contributed by atoms with Crippen LogP contribution in [0.25, 0.3) is 5.70 Å². The molecule has 0 saturated heterocycles. The highest BCUT2D eigenvalue weighted by Gasteiger charge is 2.21. The Morgan fingerprint density at radius 2 is 1.93 bits per heavy atom. The lowest BCUT2D eigenvalue weighted by Gasteiger charge is -2.25. The lowest BCUT2D eigenvalue weighted by Crippen LogP contribution is -2.40. The fourth-order valence-corrected chi connectivity index (χ4v) is 3.64. The van der Waals surface area contributed by atoms with E-state index in [2.05, 4.69) is 10.3 Å². The van der Waals surface area contributed by atoms with Gasteiger partial charge in [0.1, 0.15) is 11.4 Å². The van der Waals surface area contributed by atoms with E-state index in [4.69, 9.17) is 21.1 Å². The van der Waals surface area contributed by atoms with Crippen molar-refractivity contribution in [3.63, 3.8) is 0 Å². The molecule has 2 aliphatic carbocycles. The lowest BCUT2D eigenvalue weighted by molar-refractivity contribution is 0.104. The van der Waals surface area contributed by atoms with Gasteiger partial charge in [0, 0.05) is 7.05 Å². The Morgan fingerprint density at radius 1 is 1.21 bits per heavy atom. The first-order valence-electron chi connectivity index (χ1n) is 10.5. The number of pyridine rings is 1. The van der Waals surface area contributed by atoms with Crippen LogP contribution in [-0.4, -0.2) is 35.8 Å². The lowest BCUT2D eigenvalue weighted by atomic mass is 9.86. The molecule has 1 aromatic rings. The van der Waals surface area contributed by atoms with E-state index in [9.17, 15) is 4.79 Å². The number of alkyl carbamates (subject to hydrolysis) is 1. The molecule has 0 bridgehead atoms. The molecular formula is C21H33N5O3. The number of amides is 1. The van der Waals surface area contributed by atoms with Gasteiger partial charge in [-0.1, -0.05) is 12.8 Å². The summed E-state index contributed by atoms with van der Waals surface area (Å²) in [6.45, 7) is 2.30. The van der Waals surface area contributed by atoms with Crippen molar-refractivity contribution in [3.05, 3.63) is 29.3 Å². The Morgan fingerprint density at radius 3 is 2.52 bits per heavy atom. The van der Waals surface area contributed by atoms with Gasteiger partial charge in [-0.3, -0.25) is 10.3 Å². The average molecular weight is 404 g/mol. The van der Waals surface area contributed by atoms with Gasteiger partial charge in [-0.05, 0) is 63.5 Å². The normalized spacial score (nSPS) is 18.4. The summed E-state index contributed by atoms with van der Waals surface area (Å²) >= 11 is 0. The molecule has 3 rings (SSSR count). The van der Waals surface area contributed by atoms with Crippen LogP contribution in [0.3, 0.4) is 0 Å². The number of nitrogens with two attached hydrogens (primary N) is 2. The van der Waals surface area contributed by atoms with E-state index in [0.717, 1.165) is 37.1 Å². The van der Waals surface area contributed by atoms with Crippen LogP contribution in [0.4, 0.5) is 4.79 Å². The van der Waals surface area contributed by atoms with E-state index in [-0.39, 0.29) is 17.6 Å². The number of hydrogen-bond acceptors (Lipinski definition) is 7. The summed E-state index contributed by atoms with van der Waals surface area (Å²) in [6.07, 6.45) is 8.95. The highest BCUT2D eigenvalue weighted by atomic mass is 16.5. The molecule has 2 fully saturated rings. The Hall–Kier alpha value is -2.48. The summed E-state index contributed by atoms with van der Waals surface area (Å²) in [5, 5.41) is 3.89. The average Bonchev–Trinajstić information content (AvgIpc) is 2.66. The van der Waals surface area contributed by atoms with E-state index >= 15 is 0 Å². The number of nitrogens with one attached hydrogen (secondary N) is 1. The summed E-state index contributed by atoms with van der Waals surface area (Å²) in [5.74, 6) is 7.36. The number of aryl methyl sites for hydroxylation is 1. The molecule has 0 spiro atoms. The number of hydrogen-bond donors (Lipinski definition) is 3. The van der Waals surface area contributed by atoms with Gasteiger partial charge in [-0.25, -0.2) is 15.6 Å². The second kappa shape index (κ2) is 9.82. The first kappa shape index (κ1) is 21.2. The fraction of sp³-hybridized carbons (Fsp3) is 0.619. The predicted octanol–water partition coefficient (Wildman–Crippen LogP) is 3.02. The molecule has 1 aromatic heterocycles. The summed E-state index contributed by atoms with van der Waals surface area (Å²) in [7, 11) is 1.60. The first-order valence-corrected chi connectivity index (χ1v) is 10.5. The van der Waals surface area contributed by atoms with Gasteiger partial charge in [0.05, 0.1) is 24.1 Å². The third kappa shape index (κ3) is 5.76. The van der Waals surface area contributed by atoms with Gasteiger partial charge in [0.2, 0.25) is 0 Å². The Labute approximate surface area is 172 Å². The highest BCUT2D eigenvalue weighted by molar-refractivity contribution is 5.74. The minimum Gasteiger partial charge on any atom is -0.489 e. The molecule has 0 aromatic carbocycles. The topological polar surface area (TPSA) is 116 Å². The number of hydrazine groups is 1. The standard InChI is InChI=1S/C21H33N5O3/c1-14-18(29-16-9-4-3-5-10-16)12-11-17(24-14)19(22)20(26(2)23)25-21(27)28-13-15-7-6-8-15/h11-12,15-16H,3-10,13,22-23H2,1-2H3,(H,25,27)/b20-19-. The zero-order valence-electron chi connectivity index (χ0n) is 17.4. The van der Waals surface area contributed by atoms with Crippen LogP contribution < -0.4 is 21.6 Å². The Bertz CT molecular complexity index is 740. The second-order valence-electron chi connectivity index (χ2n) is 8.05. The molecule has 160 valence electrons. The van der Waals surface area contributed by atoms with Crippen molar-refractivity contribution in [1.29, 1.82) is 0 Å². The van der Waals surface area contributed by atoms with E-state index < -0.39 is 6.09 Å². The zero-order valence-corrected chi connectivity index (χ0v) is 17.4. The van der Waals surface area contributed by atoms with Crippen LogP contribution in [0, 0.1) is 12.8 Å². The van der Waals surface area contributed by atoms with Crippen molar-refractivity contribution in [2.24, 2.45) is 17.5 Å². The van der Waals surface area contributed by atoms with Crippen molar-refractivity contribution in [3.8, 4) is 5.75 Å². The van der Waals surface area contributed by atoms with Gasteiger partial charge in [0.25, 0.3) is 0 Å². The minimum absolute atomic E-state index is 0.247. The molecule has 2 aliphatic rings. The molecule has 2 saturated carbocycles. The molecule has 5 N–H and O–H groups in total. The molecule has 8 heteroatoms. The fourth-order valence-electron chi connectivity index (χ4n) is 3.64. The maximum Gasteiger partial charge on any atom is 0.412 e. The summed E-state index contributed by atoms with van der Waals surface area (Å²) in [4.78, 5) is 16.7. The number of rotatable bonds is 7. The van der Waals surface area contributed by atoms with Crippen LogP contribution in [0.1, 0.15) is 62.8 Å². The van der Waals surface area contributed by atoms with Crippen LogP contribution in [-0.2, 0) is 4.74 Å². The molecule has 1 amide bonds. The zero-order chi connectivity index (χ0) is 20.8. The monoisotopic (exact) mass is 403 g/mol. The largest absolute Gasteiger partial charge is 0.489 e. The molecule has 1 heterocycles. The van der Waals surface area contributed by atoms with Gasteiger partial charge in [-0.15, -0.1) is 0 Å². The molecule has 0 radical (unpaired) electrons. The Balaban J connectivity index is 1.68. The molecule has 0 atom stereocenters. The number of aromatic nitrogens is 1. The molecule has 0 aliphatic heterocycles. The van der Waals surface area contributed by atoms with E-state index in [1.165, 1.54) is 30.7 Å². The van der Waals surface area contributed by atoms with Crippen molar-refractivity contribution >= 4 is 11.8 Å². The molecule has 8 nitrogen and oxygen atoms in total. The number of ether oxygens (including phenoxy) is 2. The molecule has 29 heavy (non-hydrogen) atoms. The molecular weight excluding hydrogens is 370 g/mol. The van der Waals surface area contributed by atoms with Gasteiger partial charge in [0.15, 0.2) is 5.82 Å². The highest BCUT2D eigenvalue weighted by Crippen LogP contribution is 2.27. The first-order chi connectivity index (χ1) is 13.9. The quantitative estimate of drug-likeness (QED) is 0.473. The van der Waals surface area contributed by atoms with Gasteiger partial charge < -0.3 is 15.2 Å². The van der Waals surface area contributed by atoms with Crippen molar-refractivity contribution < 1.29 is 14.3 Å². The maximum absolute atomic E-state index is 12.1. The smallest absolute Gasteiger partial charge is 0.412 e. The predicted molar refractivity (Wildman–Crippen MR) is 111 cm³/mol. The van der Waals surface area contributed by atoms with E-state index in [1.54, 1.807) is 13.1 Å². The third-order valence-electron chi connectivity index (χ3n) is 5.66. The third-order valence-corrected chi connectivity index (χ3v) is 5.66.